The van der Waals surface area contributed by atoms with Gasteiger partial charge in [-0.3, -0.25) is 14.8 Å². The van der Waals surface area contributed by atoms with E-state index in [0.29, 0.717) is 11.6 Å². The van der Waals surface area contributed by atoms with Crippen LogP contribution in [-0.4, -0.2) is 71.8 Å². The molecule has 2 saturated heterocycles. The molecule has 6 heteroatoms. The number of aromatic nitrogens is 2. The molecule has 3 heterocycles. The van der Waals surface area contributed by atoms with Gasteiger partial charge in [0, 0.05) is 38.1 Å². The fourth-order valence-corrected chi connectivity index (χ4v) is 3.74. The summed E-state index contributed by atoms with van der Waals surface area (Å²) in [6, 6.07) is 7.81. The minimum Gasteiger partial charge on any atom is -0.379 e. The Morgan fingerprint density at radius 1 is 1.17 bits per heavy atom. The number of piperidine rings is 1. The van der Waals surface area contributed by atoms with Gasteiger partial charge in [0.15, 0.2) is 5.69 Å². The number of rotatable bonds is 3. The zero-order valence-electron chi connectivity index (χ0n) is 13.9. The normalized spacial score (nSPS) is 20.6. The largest absolute Gasteiger partial charge is 0.379 e. The van der Waals surface area contributed by atoms with Crippen molar-refractivity contribution in [2.75, 3.05) is 45.9 Å². The summed E-state index contributed by atoms with van der Waals surface area (Å²) in [4.78, 5) is 17.2. The van der Waals surface area contributed by atoms with Gasteiger partial charge in [0.2, 0.25) is 0 Å². The minimum absolute atomic E-state index is 0.0530. The maximum Gasteiger partial charge on any atom is 0.274 e. The van der Waals surface area contributed by atoms with E-state index in [1.807, 2.05) is 29.2 Å². The Morgan fingerprint density at radius 2 is 1.92 bits per heavy atom. The van der Waals surface area contributed by atoms with Gasteiger partial charge in [0.05, 0.1) is 18.7 Å². The number of amides is 1. The summed E-state index contributed by atoms with van der Waals surface area (Å²) in [6.07, 6.45) is 2.15. The number of nitrogens with one attached hydrogen (secondary N) is 1. The summed E-state index contributed by atoms with van der Waals surface area (Å²) in [5.41, 5.74) is 1.47. The first-order chi connectivity index (χ1) is 11.8. The van der Waals surface area contributed by atoms with Gasteiger partial charge in [0.1, 0.15) is 0 Å². The minimum atomic E-state index is 0.0530. The Hall–Kier alpha value is -1.92. The van der Waals surface area contributed by atoms with E-state index in [2.05, 4.69) is 15.1 Å². The molecule has 1 aromatic heterocycles. The van der Waals surface area contributed by atoms with Crippen LogP contribution in [0.15, 0.2) is 24.3 Å². The third-order valence-corrected chi connectivity index (χ3v) is 5.19. The van der Waals surface area contributed by atoms with E-state index in [0.717, 1.165) is 69.7 Å². The van der Waals surface area contributed by atoms with E-state index >= 15 is 0 Å². The van der Waals surface area contributed by atoms with Crippen LogP contribution < -0.4 is 0 Å². The molecular weight excluding hydrogens is 304 g/mol. The number of H-pyrrole nitrogens is 1. The lowest BCUT2D eigenvalue weighted by molar-refractivity contribution is 0.0242. The second-order valence-corrected chi connectivity index (χ2v) is 6.77. The second kappa shape index (κ2) is 6.91. The standard InChI is InChI=1S/C18H24N4O2/c23-18(17-15-3-1-2-4-16(15)19-20-17)22-7-5-14(6-8-22)13-21-9-11-24-12-10-21/h1-4,14H,5-13H2,(H,19,20). The highest BCUT2D eigenvalue weighted by Gasteiger charge is 2.27. The first kappa shape index (κ1) is 15.6. The van der Waals surface area contributed by atoms with Crippen molar-refractivity contribution in [2.24, 2.45) is 5.92 Å². The highest BCUT2D eigenvalue weighted by molar-refractivity contribution is 6.04. The molecule has 1 N–H and O–H groups in total. The molecule has 0 saturated carbocycles. The number of benzene rings is 1. The van der Waals surface area contributed by atoms with Crippen LogP contribution >= 0.6 is 0 Å². The molecule has 1 amide bonds. The molecule has 0 bridgehead atoms. The Morgan fingerprint density at radius 3 is 2.71 bits per heavy atom. The Bertz CT molecular complexity index is 700. The number of hydrogen-bond donors (Lipinski definition) is 1. The molecule has 2 fully saturated rings. The molecule has 2 aliphatic heterocycles. The SMILES string of the molecule is O=C(c1n[nH]c2ccccc12)N1CCC(CN2CCOCC2)CC1. The maximum atomic E-state index is 12.8. The number of ether oxygens (including phenoxy) is 1. The molecule has 128 valence electrons. The number of likely N-dealkylation sites (tertiary alicyclic amines) is 1. The first-order valence-electron chi connectivity index (χ1n) is 8.84. The molecule has 2 aliphatic rings. The van der Waals surface area contributed by atoms with Gasteiger partial charge in [-0.1, -0.05) is 18.2 Å². The number of nitrogens with zero attached hydrogens (tertiary/aromatic N) is 3. The second-order valence-electron chi connectivity index (χ2n) is 6.77. The number of carbonyl (C=O) groups is 1. The van der Waals surface area contributed by atoms with Crippen molar-refractivity contribution in [3.05, 3.63) is 30.0 Å². The van der Waals surface area contributed by atoms with E-state index in [4.69, 9.17) is 4.74 Å². The molecule has 0 unspecified atom stereocenters. The smallest absolute Gasteiger partial charge is 0.274 e. The number of carbonyl (C=O) groups excluding carboxylic acids is 1. The van der Waals surface area contributed by atoms with E-state index in [1.54, 1.807) is 0 Å². The summed E-state index contributed by atoms with van der Waals surface area (Å²) < 4.78 is 5.41. The summed E-state index contributed by atoms with van der Waals surface area (Å²) in [7, 11) is 0. The number of hydrogen-bond acceptors (Lipinski definition) is 4. The molecule has 0 spiro atoms. The van der Waals surface area contributed by atoms with Gasteiger partial charge in [-0.2, -0.15) is 5.10 Å². The van der Waals surface area contributed by atoms with Crippen molar-refractivity contribution in [3.63, 3.8) is 0 Å². The predicted octanol–water partition coefficient (Wildman–Crippen LogP) is 1.75. The van der Waals surface area contributed by atoms with E-state index < -0.39 is 0 Å². The highest BCUT2D eigenvalue weighted by atomic mass is 16.5. The summed E-state index contributed by atoms with van der Waals surface area (Å²) in [5.74, 6) is 0.736. The van der Waals surface area contributed by atoms with Crippen molar-refractivity contribution in [1.82, 2.24) is 20.0 Å². The average molecular weight is 328 g/mol. The molecule has 24 heavy (non-hydrogen) atoms. The van der Waals surface area contributed by atoms with Crippen molar-refractivity contribution in [3.8, 4) is 0 Å². The van der Waals surface area contributed by atoms with Crippen LogP contribution in [-0.2, 0) is 4.74 Å². The quantitative estimate of drug-likeness (QED) is 0.932. The summed E-state index contributed by atoms with van der Waals surface area (Å²) >= 11 is 0. The average Bonchev–Trinajstić information content (AvgIpc) is 3.07. The highest BCUT2D eigenvalue weighted by Crippen LogP contribution is 2.22. The topological polar surface area (TPSA) is 61.5 Å². The Kier molecular flexibility index (Phi) is 4.49. The zero-order valence-corrected chi connectivity index (χ0v) is 13.9. The van der Waals surface area contributed by atoms with Crippen LogP contribution in [0, 0.1) is 5.92 Å². The summed E-state index contributed by atoms with van der Waals surface area (Å²) in [5, 5.41) is 8.11. The van der Waals surface area contributed by atoms with Crippen molar-refractivity contribution >= 4 is 16.8 Å². The van der Waals surface area contributed by atoms with Crippen LogP contribution in [0.5, 0.6) is 0 Å². The van der Waals surface area contributed by atoms with E-state index in [1.165, 1.54) is 0 Å². The maximum absolute atomic E-state index is 12.8. The number of aromatic amines is 1. The zero-order chi connectivity index (χ0) is 16.4. The summed E-state index contributed by atoms with van der Waals surface area (Å²) in [6.45, 7) is 6.57. The molecule has 6 nitrogen and oxygen atoms in total. The number of morpholine rings is 1. The van der Waals surface area contributed by atoms with Gasteiger partial charge < -0.3 is 9.64 Å². The molecule has 0 atom stereocenters. The Labute approximate surface area is 141 Å². The van der Waals surface area contributed by atoms with Gasteiger partial charge >= 0.3 is 0 Å². The van der Waals surface area contributed by atoms with Crippen molar-refractivity contribution < 1.29 is 9.53 Å². The van der Waals surface area contributed by atoms with Gasteiger partial charge in [-0.05, 0) is 24.8 Å². The fourth-order valence-electron chi connectivity index (χ4n) is 3.74. The lowest BCUT2D eigenvalue weighted by Crippen LogP contribution is -2.44. The van der Waals surface area contributed by atoms with Crippen molar-refractivity contribution in [1.29, 1.82) is 0 Å². The Balaban J connectivity index is 1.36. The van der Waals surface area contributed by atoms with Crippen LogP contribution in [0.4, 0.5) is 0 Å². The molecular formula is C18H24N4O2. The molecule has 0 radical (unpaired) electrons. The van der Waals surface area contributed by atoms with Crippen LogP contribution in [0.3, 0.4) is 0 Å². The van der Waals surface area contributed by atoms with Crippen LogP contribution in [0.25, 0.3) is 10.9 Å². The molecule has 2 aromatic rings. The lowest BCUT2D eigenvalue weighted by Gasteiger charge is -2.35. The monoisotopic (exact) mass is 328 g/mol. The van der Waals surface area contributed by atoms with Crippen LogP contribution in [0.2, 0.25) is 0 Å². The van der Waals surface area contributed by atoms with Crippen molar-refractivity contribution in [2.45, 2.75) is 12.8 Å². The van der Waals surface area contributed by atoms with Crippen LogP contribution in [0.1, 0.15) is 23.3 Å². The van der Waals surface area contributed by atoms with E-state index in [-0.39, 0.29) is 5.91 Å². The van der Waals surface area contributed by atoms with E-state index in [9.17, 15) is 4.79 Å². The van der Waals surface area contributed by atoms with Gasteiger partial charge in [0.25, 0.3) is 5.91 Å². The third kappa shape index (κ3) is 3.16. The fraction of sp³-hybridized carbons (Fsp3) is 0.556. The lowest BCUT2D eigenvalue weighted by atomic mass is 9.95. The number of fused-ring (bicyclic) bond motifs is 1. The predicted molar refractivity (Wildman–Crippen MR) is 92.0 cm³/mol. The number of para-hydroxylation sites is 1. The van der Waals surface area contributed by atoms with Gasteiger partial charge in [-0.25, -0.2) is 0 Å². The third-order valence-electron chi connectivity index (χ3n) is 5.19. The molecule has 0 aliphatic carbocycles. The van der Waals surface area contributed by atoms with Gasteiger partial charge in [-0.15, -0.1) is 0 Å². The first-order valence-corrected chi connectivity index (χ1v) is 8.84. The molecule has 4 rings (SSSR count). The molecule has 1 aromatic carbocycles.